The molecule has 2 aromatic heterocycles. The number of aryl methyl sites for hydroxylation is 1. The minimum Gasteiger partial charge on any atom is -0.410 e. The number of rotatable bonds is 6. The summed E-state index contributed by atoms with van der Waals surface area (Å²) in [6.45, 7) is 6.34. The van der Waals surface area contributed by atoms with Gasteiger partial charge in [0.15, 0.2) is 0 Å². The van der Waals surface area contributed by atoms with Crippen LogP contribution in [0.3, 0.4) is 0 Å². The Morgan fingerprint density at radius 2 is 2.38 bits per heavy atom. The van der Waals surface area contributed by atoms with Crippen molar-refractivity contribution < 1.29 is 9.21 Å². The molecule has 0 aliphatic heterocycles. The molecule has 0 radical (unpaired) electrons. The van der Waals surface area contributed by atoms with Gasteiger partial charge in [-0.15, -0.1) is 21.5 Å². The van der Waals surface area contributed by atoms with E-state index in [0.29, 0.717) is 16.9 Å². The molecule has 2 atom stereocenters. The fourth-order valence-electron chi connectivity index (χ4n) is 2.72. The van der Waals surface area contributed by atoms with Gasteiger partial charge < -0.3 is 9.73 Å². The van der Waals surface area contributed by atoms with Crippen LogP contribution in [0.25, 0.3) is 10.8 Å². The van der Waals surface area contributed by atoms with E-state index in [0.717, 1.165) is 30.1 Å². The minimum absolute atomic E-state index is 0.00493. The number of nitrogens with one attached hydrogen (secondary N) is 1. The number of aromatic nitrogens is 2. The Morgan fingerprint density at radius 3 is 3.17 bits per heavy atom. The quantitative estimate of drug-likeness (QED) is 0.786. The normalized spacial score (nSPS) is 18.2. The number of nitrogens with zero attached hydrogens (tertiary/aromatic N) is 2. The van der Waals surface area contributed by atoms with Gasteiger partial charge in [0, 0.05) is 10.9 Å². The van der Waals surface area contributed by atoms with Crippen molar-refractivity contribution >= 4 is 29.0 Å². The topological polar surface area (TPSA) is 68.0 Å². The lowest BCUT2D eigenvalue weighted by molar-refractivity contribution is -0.119. The van der Waals surface area contributed by atoms with Crippen LogP contribution in [-0.4, -0.2) is 27.9 Å². The molecule has 1 N–H and O–H groups in total. The molecule has 130 valence electrons. The minimum atomic E-state index is -0.00493. The molecule has 5 nitrogen and oxygen atoms in total. The summed E-state index contributed by atoms with van der Waals surface area (Å²) in [6.07, 6.45) is 4.45. The standard InChI is InChI=1S/C17H23N3O2S2/c1-4-11(3)18-15(21)9-23-17-20-19-16(22-17)14-8-12-7-10(2)5-6-13(12)24-14/h8,10-11H,4-7,9H2,1-3H3,(H,18,21)/t10-,11+/m0/s1. The molecule has 7 heteroatoms. The zero-order valence-corrected chi connectivity index (χ0v) is 15.9. The highest BCUT2D eigenvalue weighted by molar-refractivity contribution is 7.99. The number of fused-ring (bicyclic) bond motifs is 1. The van der Waals surface area contributed by atoms with Gasteiger partial charge in [0.25, 0.3) is 11.1 Å². The Kier molecular flexibility index (Phi) is 5.61. The second kappa shape index (κ2) is 7.70. The van der Waals surface area contributed by atoms with E-state index in [2.05, 4.69) is 28.5 Å². The molecule has 0 bridgehead atoms. The van der Waals surface area contributed by atoms with Gasteiger partial charge in [-0.3, -0.25) is 4.79 Å². The molecule has 0 spiro atoms. The van der Waals surface area contributed by atoms with Crippen LogP contribution in [0.5, 0.6) is 0 Å². The largest absolute Gasteiger partial charge is 0.410 e. The maximum Gasteiger partial charge on any atom is 0.277 e. The van der Waals surface area contributed by atoms with Gasteiger partial charge in [-0.2, -0.15) is 0 Å². The SMILES string of the molecule is CC[C@@H](C)NC(=O)CSc1nnc(-c2cc3c(s2)CC[C@H](C)C3)o1. The summed E-state index contributed by atoms with van der Waals surface area (Å²) in [7, 11) is 0. The molecule has 24 heavy (non-hydrogen) atoms. The van der Waals surface area contributed by atoms with E-state index >= 15 is 0 Å². The lowest BCUT2D eigenvalue weighted by atomic mass is 9.90. The predicted molar refractivity (Wildman–Crippen MR) is 97.4 cm³/mol. The summed E-state index contributed by atoms with van der Waals surface area (Å²) >= 11 is 3.04. The summed E-state index contributed by atoms with van der Waals surface area (Å²) in [4.78, 5) is 14.3. The Balaban J connectivity index is 1.61. The van der Waals surface area contributed by atoms with E-state index in [4.69, 9.17) is 4.42 Å². The third-order valence-electron chi connectivity index (χ3n) is 4.29. The average molecular weight is 366 g/mol. The summed E-state index contributed by atoms with van der Waals surface area (Å²) in [5.41, 5.74) is 1.43. The predicted octanol–water partition coefficient (Wildman–Crippen LogP) is 3.93. The number of hydrogen-bond acceptors (Lipinski definition) is 6. The zero-order chi connectivity index (χ0) is 17.1. The smallest absolute Gasteiger partial charge is 0.277 e. The second-order valence-electron chi connectivity index (χ2n) is 6.45. The number of thioether (sulfide) groups is 1. The first kappa shape index (κ1) is 17.5. The van der Waals surface area contributed by atoms with Crippen molar-refractivity contribution in [2.24, 2.45) is 5.92 Å². The monoisotopic (exact) mass is 365 g/mol. The van der Waals surface area contributed by atoms with Crippen LogP contribution in [0.2, 0.25) is 0 Å². The van der Waals surface area contributed by atoms with Crippen molar-refractivity contribution in [1.82, 2.24) is 15.5 Å². The van der Waals surface area contributed by atoms with Crippen molar-refractivity contribution in [2.75, 3.05) is 5.75 Å². The Labute approximate surface area is 150 Å². The molecule has 0 saturated heterocycles. The lowest BCUT2D eigenvalue weighted by Crippen LogP contribution is -2.33. The molecule has 2 aromatic rings. The van der Waals surface area contributed by atoms with Crippen molar-refractivity contribution in [3.8, 4) is 10.8 Å². The van der Waals surface area contributed by atoms with E-state index in [1.807, 2.05) is 13.8 Å². The van der Waals surface area contributed by atoms with Crippen LogP contribution < -0.4 is 5.32 Å². The molecule has 0 fully saturated rings. The molecule has 2 heterocycles. The van der Waals surface area contributed by atoms with Gasteiger partial charge >= 0.3 is 0 Å². The van der Waals surface area contributed by atoms with Gasteiger partial charge in [-0.25, -0.2) is 0 Å². The molecule has 1 aliphatic carbocycles. The van der Waals surface area contributed by atoms with Crippen LogP contribution in [0.1, 0.15) is 44.1 Å². The van der Waals surface area contributed by atoms with E-state index in [9.17, 15) is 4.79 Å². The van der Waals surface area contributed by atoms with E-state index in [-0.39, 0.29) is 11.9 Å². The Bertz CT molecular complexity index is 711. The molecule has 1 amide bonds. The van der Waals surface area contributed by atoms with Gasteiger partial charge in [-0.05, 0) is 50.2 Å². The maximum atomic E-state index is 11.8. The van der Waals surface area contributed by atoms with E-state index in [1.165, 1.54) is 28.6 Å². The van der Waals surface area contributed by atoms with Crippen molar-refractivity contribution in [2.45, 2.75) is 57.7 Å². The zero-order valence-electron chi connectivity index (χ0n) is 14.3. The van der Waals surface area contributed by atoms with Crippen LogP contribution in [0.15, 0.2) is 15.7 Å². The average Bonchev–Trinajstić information content (AvgIpc) is 3.18. The summed E-state index contributed by atoms with van der Waals surface area (Å²) < 4.78 is 5.73. The summed E-state index contributed by atoms with van der Waals surface area (Å²) in [5.74, 6) is 1.60. The fraction of sp³-hybridized carbons (Fsp3) is 0.588. The van der Waals surface area contributed by atoms with Crippen molar-refractivity contribution in [3.63, 3.8) is 0 Å². The van der Waals surface area contributed by atoms with Gasteiger partial charge in [0.2, 0.25) is 5.91 Å². The summed E-state index contributed by atoms with van der Waals surface area (Å²) in [5, 5.41) is 11.6. The number of carbonyl (C=O) groups is 1. The third kappa shape index (κ3) is 4.19. The second-order valence-corrected chi connectivity index (χ2v) is 8.51. The first-order valence-corrected chi connectivity index (χ1v) is 10.2. The number of carbonyl (C=O) groups excluding carboxylic acids is 1. The van der Waals surface area contributed by atoms with Gasteiger partial charge in [-0.1, -0.05) is 25.6 Å². The highest BCUT2D eigenvalue weighted by Gasteiger charge is 2.21. The molecule has 0 unspecified atom stereocenters. The molecule has 3 rings (SSSR count). The van der Waals surface area contributed by atoms with Gasteiger partial charge in [0.05, 0.1) is 10.6 Å². The van der Waals surface area contributed by atoms with E-state index in [1.54, 1.807) is 11.3 Å². The first-order chi connectivity index (χ1) is 11.5. The fourth-order valence-corrected chi connectivity index (χ4v) is 4.43. The Hall–Kier alpha value is -1.34. The molecule has 0 saturated carbocycles. The molecular formula is C17H23N3O2S2. The first-order valence-electron chi connectivity index (χ1n) is 8.42. The van der Waals surface area contributed by atoms with Crippen molar-refractivity contribution in [3.05, 3.63) is 16.5 Å². The van der Waals surface area contributed by atoms with Crippen LogP contribution in [0, 0.1) is 5.92 Å². The molecule has 0 aromatic carbocycles. The Morgan fingerprint density at radius 1 is 1.54 bits per heavy atom. The number of amides is 1. The van der Waals surface area contributed by atoms with E-state index < -0.39 is 0 Å². The number of hydrogen-bond donors (Lipinski definition) is 1. The maximum absolute atomic E-state index is 11.8. The third-order valence-corrected chi connectivity index (χ3v) is 6.34. The van der Waals surface area contributed by atoms with Gasteiger partial charge in [0.1, 0.15) is 0 Å². The highest BCUT2D eigenvalue weighted by Crippen LogP contribution is 2.37. The highest BCUT2D eigenvalue weighted by atomic mass is 32.2. The van der Waals surface area contributed by atoms with Crippen LogP contribution in [-0.2, 0) is 17.6 Å². The molecule has 1 aliphatic rings. The number of thiophene rings is 1. The van der Waals surface area contributed by atoms with Crippen molar-refractivity contribution in [1.29, 1.82) is 0 Å². The lowest BCUT2D eigenvalue weighted by Gasteiger charge is -2.16. The van der Waals surface area contributed by atoms with Crippen LogP contribution in [0.4, 0.5) is 0 Å². The summed E-state index contributed by atoms with van der Waals surface area (Å²) in [6, 6.07) is 2.38. The van der Waals surface area contributed by atoms with Crippen LogP contribution >= 0.6 is 23.1 Å². The molecular weight excluding hydrogens is 342 g/mol.